The van der Waals surface area contributed by atoms with E-state index in [1.165, 1.54) is 12.8 Å². The van der Waals surface area contributed by atoms with Crippen LogP contribution in [0.25, 0.3) is 0 Å². The van der Waals surface area contributed by atoms with Gasteiger partial charge in [-0.3, -0.25) is 0 Å². The molecule has 2 aliphatic carbocycles. The highest BCUT2D eigenvalue weighted by atomic mass is 14.9. The van der Waals surface area contributed by atoms with Crippen LogP contribution < -0.4 is 5.32 Å². The molecule has 4 atom stereocenters. The Morgan fingerprint density at radius 1 is 1.47 bits per heavy atom. The lowest BCUT2D eigenvalue weighted by Crippen LogP contribution is -2.27. The molecule has 4 unspecified atom stereocenters. The van der Waals surface area contributed by atoms with Crippen LogP contribution in [0.5, 0.6) is 0 Å². The van der Waals surface area contributed by atoms with Crippen molar-refractivity contribution in [3.8, 4) is 0 Å². The Kier molecular flexibility index (Phi) is 2.79. The molecule has 2 aliphatic rings. The maximum absolute atomic E-state index is 3.88. The summed E-state index contributed by atoms with van der Waals surface area (Å²) in [5, 5.41) is 3.48. The Morgan fingerprint density at radius 2 is 2.29 bits per heavy atom. The van der Waals surface area contributed by atoms with E-state index >= 15 is 0 Å². The zero-order valence-electron chi connectivity index (χ0n) is 10.5. The van der Waals surface area contributed by atoms with E-state index in [9.17, 15) is 0 Å². The number of fused-ring (bicyclic) bond motifs is 3. The molecule has 1 saturated carbocycles. The second kappa shape index (κ2) is 4.30. The van der Waals surface area contributed by atoms with Crippen LogP contribution in [0.4, 0.5) is 0 Å². The van der Waals surface area contributed by atoms with Gasteiger partial charge in [-0.2, -0.15) is 0 Å². The SMILES string of the molecule is C=CCC(NC)C1C2CCc3ccccc3C21. The monoisotopic (exact) mass is 227 g/mol. The summed E-state index contributed by atoms with van der Waals surface area (Å²) in [6, 6.07) is 9.64. The topological polar surface area (TPSA) is 12.0 Å². The molecule has 0 bridgehead atoms. The third-order valence-electron chi connectivity index (χ3n) is 4.65. The molecule has 17 heavy (non-hydrogen) atoms. The molecular weight excluding hydrogens is 206 g/mol. The maximum Gasteiger partial charge on any atom is 0.0135 e. The van der Waals surface area contributed by atoms with Crippen LogP contribution in [0, 0.1) is 11.8 Å². The van der Waals surface area contributed by atoms with Crippen LogP contribution in [0.15, 0.2) is 36.9 Å². The van der Waals surface area contributed by atoms with Crippen molar-refractivity contribution in [3.63, 3.8) is 0 Å². The molecule has 0 amide bonds. The van der Waals surface area contributed by atoms with Gasteiger partial charge in [0, 0.05) is 6.04 Å². The van der Waals surface area contributed by atoms with Crippen LogP contribution in [0.3, 0.4) is 0 Å². The highest BCUT2D eigenvalue weighted by molar-refractivity contribution is 5.40. The molecule has 1 aromatic carbocycles. The Labute approximate surface area is 104 Å². The Bertz CT molecular complexity index is 423. The lowest BCUT2D eigenvalue weighted by atomic mass is 9.92. The van der Waals surface area contributed by atoms with Gasteiger partial charge in [0.2, 0.25) is 0 Å². The minimum Gasteiger partial charge on any atom is -0.316 e. The van der Waals surface area contributed by atoms with Crippen LogP contribution >= 0.6 is 0 Å². The van der Waals surface area contributed by atoms with Crippen molar-refractivity contribution >= 4 is 0 Å². The van der Waals surface area contributed by atoms with Crippen molar-refractivity contribution in [2.75, 3.05) is 7.05 Å². The van der Waals surface area contributed by atoms with E-state index in [0.717, 1.165) is 24.2 Å². The van der Waals surface area contributed by atoms with Crippen molar-refractivity contribution in [3.05, 3.63) is 48.0 Å². The predicted octanol–water partition coefficient (Wildman–Crippen LogP) is 3.13. The van der Waals surface area contributed by atoms with Crippen molar-refractivity contribution in [2.45, 2.75) is 31.2 Å². The van der Waals surface area contributed by atoms with Crippen LogP contribution in [0.1, 0.15) is 29.9 Å². The van der Waals surface area contributed by atoms with E-state index in [4.69, 9.17) is 0 Å². The van der Waals surface area contributed by atoms with Crippen molar-refractivity contribution < 1.29 is 0 Å². The fourth-order valence-electron chi connectivity index (χ4n) is 3.82. The summed E-state index contributed by atoms with van der Waals surface area (Å²) in [4.78, 5) is 0. The third kappa shape index (κ3) is 1.73. The molecule has 1 fully saturated rings. The number of rotatable bonds is 4. The predicted molar refractivity (Wildman–Crippen MR) is 72.1 cm³/mol. The minimum atomic E-state index is 0.619. The largest absolute Gasteiger partial charge is 0.316 e. The quantitative estimate of drug-likeness (QED) is 0.779. The zero-order chi connectivity index (χ0) is 11.8. The summed E-state index contributed by atoms with van der Waals surface area (Å²) in [5.41, 5.74) is 3.21. The summed E-state index contributed by atoms with van der Waals surface area (Å²) in [6.07, 6.45) is 5.80. The van der Waals surface area contributed by atoms with Crippen LogP contribution in [-0.2, 0) is 6.42 Å². The second-order valence-electron chi connectivity index (χ2n) is 5.42. The summed E-state index contributed by atoms with van der Waals surface area (Å²) >= 11 is 0. The molecule has 1 nitrogen and oxygen atoms in total. The standard InChI is InChI=1S/C16H21N/c1-3-6-14(17-2)16-13-10-9-11-7-4-5-8-12(11)15(13)16/h3-5,7-8,13-17H,1,6,9-10H2,2H3. The summed E-state index contributed by atoms with van der Waals surface area (Å²) in [6.45, 7) is 3.88. The van der Waals surface area contributed by atoms with Gasteiger partial charge in [-0.15, -0.1) is 6.58 Å². The maximum atomic E-state index is 3.88. The fraction of sp³-hybridized carbons (Fsp3) is 0.500. The molecule has 0 radical (unpaired) electrons. The Balaban J connectivity index is 1.84. The first-order valence-electron chi connectivity index (χ1n) is 6.72. The summed E-state index contributed by atoms with van der Waals surface area (Å²) in [5.74, 6) is 2.57. The number of hydrogen-bond donors (Lipinski definition) is 1. The van der Waals surface area contributed by atoms with E-state index in [0.29, 0.717) is 6.04 Å². The van der Waals surface area contributed by atoms with E-state index in [2.05, 4.69) is 49.3 Å². The number of aryl methyl sites for hydroxylation is 1. The molecule has 1 heteroatoms. The molecule has 90 valence electrons. The molecule has 0 aromatic heterocycles. The highest BCUT2D eigenvalue weighted by Gasteiger charge is 2.55. The van der Waals surface area contributed by atoms with Crippen LogP contribution in [0.2, 0.25) is 0 Å². The normalized spacial score (nSPS) is 31.2. The Morgan fingerprint density at radius 3 is 3.06 bits per heavy atom. The zero-order valence-corrected chi connectivity index (χ0v) is 10.5. The van der Waals surface area contributed by atoms with Crippen molar-refractivity contribution in [1.82, 2.24) is 5.32 Å². The fourth-order valence-corrected chi connectivity index (χ4v) is 3.82. The average Bonchev–Trinajstić information content (AvgIpc) is 3.10. The summed E-state index contributed by atoms with van der Waals surface area (Å²) < 4.78 is 0. The third-order valence-corrected chi connectivity index (χ3v) is 4.65. The molecular formula is C16H21N. The first-order valence-corrected chi connectivity index (χ1v) is 6.72. The molecule has 3 rings (SSSR count). The van der Waals surface area contributed by atoms with Gasteiger partial charge in [0.15, 0.2) is 0 Å². The van der Waals surface area contributed by atoms with Gasteiger partial charge in [-0.1, -0.05) is 30.3 Å². The molecule has 0 heterocycles. The molecule has 1 N–H and O–H groups in total. The van der Waals surface area contributed by atoms with E-state index in [-0.39, 0.29) is 0 Å². The number of benzene rings is 1. The first kappa shape index (κ1) is 11.0. The lowest BCUT2D eigenvalue weighted by Gasteiger charge is -2.14. The van der Waals surface area contributed by atoms with Gasteiger partial charge in [-0.05, 0) is 55.2 Å². The number of nitrogens with one attached hydrogen (secondary N) is 1. The molecule has 0 saturated heterocycles. The first-order chi connectivity index (χ1) is 8.36. The second-order valence-corrected chi connectivity index (χ2v) is 5.42. The van der Waals surface area contributed by atoms with Gasteiger partial charge in [0.25, 0.3) is 0 Å². The van der Waals surface area contributed by atoms with Gasteiger partial charge in [0.05, 0.1) is 0 Å². The van der Waals surface area contributed by atoms with E-state index < -0.39 is 0 Å². The number of hydrogen-bond acceptors (Lipinski definition) is 1. The molecule has 0 aliphatic heterocycles. The van der Waals surface area contributed by atoms with Crippen LogP contribution in [-0.4, -0.2) is 13.1 Å². The lowest BCUT2D eigenvalue weighted by molar-refractivity contribution is 0.470. The van der Waals surface area contributed by atoms with Gasteiger partial charge >= 0.3 is 0 Å². The summed E-state index contributed by atoms with van der Waals surface area (Å²) in [7, 11) is 2.09. The van der Waals surface area contributed by atoms with Gasteiger partial charge < -0.3 is 5.32 Å². The van der Waals surface area contributed by atoms with E-state index in [1.54, 1.807) is 11.1 Å². The minimum absolute atomic E-state index is 0.619. The smallest absolute Gasteiger partial charge is 0.0135 e. The van der Waals surface area contributed by atoms with Gasteiger partial charge in [0.1, 0.15) is 0 Å². The van der Waals surface area contributed by atoms with E-state index in [1.807, 2.05) is 0 Å². The molecule has 1 aromatic rings. The Hall–Kier alpha value is -1.08. The van der Waals surface area contributed by atoms with Crippen molar-refractivity contribution in [2.24, 2.45) is 11.8 Å². The molecule has 0 spiro atoms. The highest BCUT2D eigenvalue weighted by Crippen LogP contribution is 2.61. The van der Waals surface area contributed by atoms with Gasteiger partial charge in [-0.25, -0.2) is 0 Å². The average molecular weight is 227 g/mol. The van der Waals surface area contributed by atoms with Crippen molar-refractivity contribution in [1.29, 1.82) is 0 Å².